The van der Waals surface area contributed by atoms with Crippen molar-refractivity contribution in [2.75, 3.05) is 13.6 Å². The van der Waals surface area contributed by atoms with Gasteiger partial charge in [-0.25, -0.2) is 0 Å². The molecule has 82 valence electrons. The molecule has 0 bridgehead atoms. The number of amides is 1. The van der Waals surface area contributed by atoms with Gasteiger partial charge in [0.2, 0.25) is 5.91 Å². The highest BCUT2D eigenvalue weighted by molar-refractivity contribution is 5.77. The summed E-state index contributed by atoms with van der Waals surface area (Å²) in [6.07, 6.45) is 2.75. The number of hydrogen-bond acceptors (Lipinski definition) is 2. The Morgan fingerprint density at radius 3 is 2.57 bits per heavy atom. The van der Waals surface area contributed by atoms with E-state index in [1.165, 1.54) is 0 Å². The van der Waals surface area contributed by atoms with Crippen LogP contribution in [-0.4, -0.2) is 25.5 Å². The standard InChI is InChI=1S/C9H20N4O/c1-7(8(14)12-2)5-3-4-6-13-9(10)11/h7H,3-6H2,1-2H3,(H,12,14)(H4,10,11,13)/t7-/m0/s1. The summed E-state index contributed by atoms with van der Waals surface area (Å²) in [5.41, 5.74) is 10.3. The van der Waals surface area contributed by atoms with Crippen LogP contribution in [-0.2, 0) is 4.79 Å². The number of guanidine groups is 1. The van der Waals surface area contributed by atoms with E-state index in [9.17, 15) is 4.79 Å². The van der Waals surface area contributed by atoms with E-state index in [4.69, 9.17) is 11.5 Å². The number of carbonyl (C=O) groups is 1. The summed E-state index contributed by atoms with van der Waals surface area (Å²) in [7, 11) is 1.65. The number of hydrogen-bond donors (Lipinski definition) is 3. The maximum absolute atomic E-state index is 11.1. The lowest BCUT2D eigenvalue weighted by Crippen LogP contribution is -2.25. The van der Waals surface area contributed by atoms with E-state index in [1.807, 2.05) is 6.92 Å². The lowest BCUT2D eigenvalue weighted by atomic mass is 10.0. The van der Waals surface area contributed by atoms with Crippen LogP contribution in [0, 0.1) is 5.92 Å². The smallest absolute Gasteiger partial charge is 0.222 e. The minimum atomic E-state index is 0.0687. The first-order valence-electron chi connectivity index (χ1n) is 4.85. The van der Waals surface area contributed by atoms with Crippen molar-refractivity contribution in [2.24, 2.45) is 22.4 Å². The van der Waals surface area contributed by atoms with Crippen LogP contribution < -0.4 is 16.8 Å². The third kappa shape index (κ3) is 6.28. The molecule has 0 aliphatic rings. The Morgan fingerprint density at radius 1 is 1.43 bits per heavy atom. The average molecular weight is 200 g/mol. The number of nitrogens with zero attached hydrogens (tertiary/aromatic N) is 1. The van der Waals surface area contributed by atoms with Gasteiger partial charge in [0, 0.05) is 19.5 Å². The molecular weight excluding hydrogens is 180 g/mol. The van der Waals surface area contributed by atoms with E-state index in [0.717, 1.165) is 19.3 Å². The zero-order chi connectivity index (χ0) is 11.0. The third-order valence-electron chi connectivity index (χ3n) is 2.03. The van der Waals surface area contributed by atoms with Crippen LogP contribution >= 0.6 is 0 Å². The van der Waals surface area contributed by atoms with Crippen molar-refractivity contribution < 1.29 is 4.79 Å². The van der Waals surface area contributed by atoms with E-state index >= 15 is 0 Å². The zero-order valence-corrected chi connectivity index (χ0v) is 8.92. The molecular formula is C9H20N4O. The second-order valence-electron chi connectivity index (χ2n) is 3.32. The Balaban J connectivity index is 3.45. The first-order valence-corrected chi connectivity index (χ1v) is 4.85. The molecule has 0 aromatic carbocycles. The van der Waals surface area contributed by atoms with Gasteiger partial charge in [0.05, 0.1) is 0 Å². The molecule has 0 aliphatic carbocycles. The number of carbonyl (C=O) groups excluding carboxylic acids is 1. The molecule has 0 fully saturated rings. The number of nitrogens with two attached hydrogens (primary N) is 2. The van der Waals surface area contributed by atoms with Crippen LogP contribution in [0.5, 0.6) is 0 Å². The van der Waals surface area contributed by atoms with E-state index in [1.54, 1.807) is 7.05 Å². The van der Waals surface area contributed by atoms with Gasteiger partial charge in [-0.2, -0.15) is 0 Å². The topological polar surface area (TPSA) is 93.5 Å². The van der Waals surface area contributed by atoms with Crippen molar-refractivity contribution in [1.82, 2.24) is 5.32 Å². The number of rotatable bonds is 6. The Morgan fingerprint density at radius 2 is 2.07 bits per heavy atom. The number of aliphatic imine (C=N–C) groups is 1. The Bertz CT molecular complexity index is 199. The predicted octanol–water partition coefficient (Wildman–Crippen LogP) is -0.188. The fraction of sp³-hybridized carbons (Fsp3) is 0.778. The fourth-order valence-electron chi connectivity index (χ4n) is 1.15. The zero-order valence-electron chi connectivity index (χ0n) is 8.92. The molecule has 0 saturated carbocycles. The van der Waals surface area contributed by atoms with Gasteiger partial charge in [0.15, 0.2) is 5.96 Å². The van der Waals surface area contributed by atoms with E-state index < -0.39 is 0 Å². The number of unbranched alkanes of at least 4 members (excludes halogenated alkanes) is 1. The normalized spacial score (nSPS) is 11.9. The summed E-state index contributed by atoms with van der Waals surface area (Å²) >= 11 is 0. The third-order valence-corrected chi connectivity index (χ3v) is 2.03. The molecule has 0 radical (unpaired) electrons. The van der Waals surface area contributed by atoms with Crippen molar-refractivity contribution in [2.45, 2.75) is 26.2 Å². The fourth-order valence-corrected chi connectivity index (χ4v) is 1.15. The molecule has 1 amide bonds. The molecule has 0 rings (SSSR count). The minimum Gasteiger partial charge on any atom is -0.370 e. The van der Waals surface area contributed by atoms with Crippen molar-refractivity contribution in [3.05, 3.63) is 0 Å². The minimum absolute atomic E-state index is 0.0687. The van der Waals surface area contributed by atoms with Gasteiger partial charge in [0.25, 0.3) is 0 Å². The lowest BCUT2D eigenvalue weighted by Gasteiger charge is -2.08. The highest BCUT2D eigenvalue weighted by Crippen LogP contribution is 2.07. The average Bonchev–Trinajstić information content (AvgIpc) is 2.15. The second-order valence-corrected chi connectivity index (χ2v) is 3.32. The van der Waals surface area contributed by atoms with E-state index in [-0.39, 0.29) is 17.8 Å². The predicted molar refractivity (Wildman–Crippen MR) is 57.8 cm³/mol. The molecule has 0 aliphatic heterocycles. The highest BCUT2D eigenvalue weighted by Gasteiger charge is 2.09. The summed E-state index contributed by atoms with van der Waals surface area (Å²) in [5, 5.41) is 2.62. The molecule has 5 heteroatoms. The van der Waals surface area contributed by atoms with Crippen LogP contribution in [0.25, 0.3) is 0 Å². The van der Waals surface area contributed by atoms with Crippen molar-refractivity contribution in [3.63, 3.8) is 0 Å². The largest absolute Gasteiger partial charge is 0.370 e. The van der Waals surface area contributed by atoms with Gasteiger partial charge in [-0.05, 0) is 12.8 Å². The van der Waals surface area contributed by atoms with E-state index in [2.05, 4.69) is 10.3 Å². The van der Waals surface area contributed by atoms with Crippen molar-refractivity contribution >= 4 is 11.9 Å². The monoisotopic (exact) mass is 200 g/mol. The first-order chi connectivity index (χ1) is 6.57. The Labute approximate surface area is 84.9 Å². The van der Waals surface area contributed by atoms with Gasteiger partial charge < -0.3 is 16.8 Å². The van der Waals surface area contributed by atoms with Gasteiger partial charge in [-0.1, -0.05) is 13.3 Å². The molecule has 0 saturated heterocycles. The SMILES string of the molecule is CNC(=O)[C@@H](C)CCCCN=C(N)N. The summed E-state index contributed by atoms with van der Waals surface area (Å²) in [5.74, 6) is 0.287. The van der Waals surface area contributed by atoms with Crippen LogP contribution in [0.4, 0.5) is 0 Å². The molecule has 0 heterocycles. The number of nitrogens with one attached hydrogen (secondary N) is 1. The first kappa shape index (κ1) is 12.7. The summed E-state index contributed by atoms with van der Waals surface area (Å²) in [4.78, 5) is 15.0. The van der Waals surface area contributed by atoms with Gasteiger partial charge in [-0.3, -0.25) is 9.79 Å². The van der Waals surface area contributed by atoms with Gasteiger partial charge in [-0.15, -0.1) is 0 Å². The van der Waals surface area contributed by atoms with Gasteiger partial charge in [0.1, 0.15) is 0 Å². The summed E-state index contributed by atoms with van der Waals surface area (Å²) < 4.78 is 0. The summed E-state index contributed by atoms with van der Waals surface area (Å²) in [6, 6.07) is 0. The Kier molecular flexibility index (Phi) is 6.53. The highest BCUT2D eigenvalue weighted by atomic mass is 16.1. The van der Waals surface area contributed by atoms with Gasteiger partial charge >= 0.3 is 0 Å². The molecule has 0 spiro atoms. The van der Waals surface area contributed by atoms with Crippen LogP contribution in [0.15, 0.2) is 4.99 Å². The van der Waals surface area contributed by atoms with Crippen molar-refractivity contribution in [1.29, 1.82) is 0 Å². The van der Waals surface area contributed by atoms with Crippen LogP contribution in [0.1, 0.15) is 26.2 Å². The maximum atomic E-state index is 11.1. The summed E-state index contributed by atoms with van der Waals surface area (Å²) in [6.45, 7) is 2.56. The van der Waals surface area contributed by atoms with Crippen LogP contribution in [0.3, 0.4) is 0 Å². The molecule has 0 aromatic rings. The molecule has 0 unspecified atom stereocenters. The van der Waals surface area contributed by atoms with Crippen molar-refractivity contribution in [3.8, 4) is 0 Å². The van der Waals surface area contributed by atoms with E-state index in [0.29, 0.717) is 6.54 Å². The van der Waals surface area contributed by atoms with Crippen LogP contribution in [0.2, 0.25) is 0 Å². The second kappa shape index (κ2) is 7.17. The quantitative estimate of drug-likeness (QED) is 0.315. The molecule has 5 nitrogen and oxygen atoms in total. The lowest BCUT2D eigenvalue weighted by molar-refractivity contribution is -0.124. The molecule has 5 N–H and O–H groups in total. The Hall–Kier alpha value is -1.26. The maximum Gasteiger partial charge on any atom is 0.222 e. The molecule has 1 atom stereocenters. The molecule has 14 heavy (non-hydrogen) atoms. The molecule has 0 aromatic heterocycles.